The summed E-state index contributed by atoms with van der Waals surface area (Å²) in [5.74, 6) is 2.19. The molecule has 0 radical (unpaired) electrons. The number of nitrogens with zero attached hydrogens (tertiary/aromatic N) is 1. The third-order valence-electron chi connectivity index (χ3n) is 3.31. The molecule has 9 heteroatoms. The van der Waals surface area contributed by atoms with Gasteiger partial charge in [-0.25, -0.2) is 4.79 Å². The van der Waals surface area contributed by atoms with Gasteiger partial charge in [-0.2, -0.15) is 0 Å². The van der Waals surface area contributed by atoms with E-state index in [1.54, 1.807) is 0 Å². The van der Waals surface area contributed by atoms with Crippen molar-refractivity contribution in [3.63, 3.8) is 0 Å². The van der Waals surface area contributed by atoms with Gasteiger partial charge in [-0.1, -0.05) is 0 Å². The van der Waals surface area contributed by atoms with E-state index in [0.717, 1.165) is 10.6 Å². The van der Waals surface area contributed by atoms with Crippen molar-refractivity contribution >= 4 is 11.6 Å². The zero-order valence-corrected chi connectivity index (χ0v) is 11.7. The number of nitrogens with one attached hydrogen (secondary N) is 1. The Bertz CT molecular complexity index is 717. The molecule has 1 aromatic heterocycles. The van der Waals surface area contributed by atoms with E-state index < -0.39 is 41.9 Å². The van der Waals surface area contributed by atoms with Gasteiger partial charge in [0, 0.05) is 17.1 Å². The summed E-state index contributed by atoms with van der Waals surface area (Å²) in [4.78, 5) is 25.2. The molecule has 1 saturated heterocycles. The minimum Gasteiger partial charge on any atom is -0.394 e. The molecule has 114 valence electrons. The number of hydrogen-bond acceptors (Lipinski definition) is 6. The van der Waals surface area contributed by atoms with E-state index in [4.69, 9.17) is 21.4 Å². The lowest BCUT2D eigenvalue weighted by molar-refractivity contribution is -0.0774. The maximum Gasteiger partial charge on any atom is 0.330 e. The molecule has 1 aromatic rings. The van der Waals surface area contributed by atoms with Crippen LogP contribution in [0.15, 0.2) is 15.7 Å². The molecule has 1 unspecified atom stereocenters. The highest BCUT2D eigenvalue weighted by molar-refractivity contribution is 6.30. The molecule has 4 N–H and O–H groups in total. The van der Waals surface area contributed by atoms with Crippen LogP contribution >= 0.6 is 11.6 Å². The Morgan fingerprint density at radius 3 is 2.76 bits per heavy atom. The molecule has 2 rings (SSSR count). The Labute approximate surface area is 123 Å². The number of rotatable bonds is 2. The molecule has 21 heavy (non-hydrogen) atoms. The summed E-state index contributed by atoms with van der Waals surface area (Å²) in [6, 6.07) is 1.12. The van der Waals surface area contributed by atoms with Gasteiger partial charge in [-0.15, -0.1) is 0 Å². The lowest BCUT2D eigenvalue weighted by atomic mass is 9.95. The fraction of sp³-hybridized carbons (Fsp3) is 0.500. The molecule has 2 heterocycles. The van der Waals surface area contributed by atoms with Gasteiger partial charge >= 0.3 is 5.69 Å². The number of aliphatic hydroxyl groups excluding tert-OH is 2. The smallest absolute Gasteiger partial charge is 0.330 e. The lowest BCUT2D eigenvalue weighted by Crippen LogP contribution is -2.48. The van der Waals surface area contributed by atoms with Crippen molar-refractivity contribution in [3.8, 4) is 11.3 Å². The highest BCUT2D eigenvalue weighted by Crippen LogP contribution is 2.37. The molecule has 1 aliphatic heterocycles. The van der Waals surface area contributed by atoms with Crippen LogP contribution in [-0.4, -0.2) is 49.3 Å². The van der Waals surface area contributed by atoms with Crippen LogP contribution in [0, 0.1) is 18.2 Å². The van der Waals surface area contributed by atoms with E-state index in [0.29, 0.717) is 0 Å². The van der Waals surface area contributed by atoms with E-state index in [1.165, 1.54) is 6.92 Å². The van der Waals surface area contributed by atoms with Gasteiger partial charge in [-0.05, 0) is 24.4 Å². The Morgan fingerprint density at radius 1 is 1.57 bits per heavy atom. The molecule has 1 aliphatic rings. The SMILES string of the molecule is Cc1cc(=O)[nH]c(=O)n1[C@@H]1O[C@H](CO)C(O)[C@]1(O)C#CCl. The van der Waals surface area contributed by atoms with E-state index in [9.17, 15) is 19.8 Å². The number of ether oxygens (including phenoxy) is 1. The van der Waals surface area contributed by atoms with Crippen molar-refractivity contribution < 1.29 is 20.1 Å². The Balaban J connectivity index is 2.64. The van der Waals surface area contributed by atoms with Crippen molar-refractivity contribution in [1.29, 1.82) is 0 Å². The maximum absolute atomic E-state index is 11.9. The number of aliphatic hydroxyl groups is 3. The van der Waals surface area contributed by atoms with Crippen LogP contribution in [0.25, 0.3) is 0 Å². The Kier molecular flexibility index (Phi) is 4.22. The summed E-state index contributed by atoms with van der Waals surface area (Å²) in [5, 5.41) is 31.6. The van der Waals surface area contributed by atoms with E-state index in [1.807, 2.05) is 10.4 Å². The van der Waals surface area contributed by atoms with Gasteiger partial charge in [0.2, 0.25) is 5.60 Å². The normalized spacial score (nSPS) is 31.8. The summed E-state index contributed by atoms with van der Waals surface area (Å²) in [5.41, 5.74) is -3.47. The first kappa shape index (κ1) is 15.8. The Morgan fingerprint density at radius 2 is 2.24 bits per heavy atom. The molecular formula is C12H13ClN2O6. The van der Waals surface area contributed by atoms with Crippen LogP contribution in [0.1, 0.15) is 11.9 Å². The fourth-order valence-corrected chi connectivity index (χ4v) is 2.45. The third-order valence-corrected chi connectivity index (χ3v) is 3.41. The second-order valence-electron chi connectivity index (χ2n) is 4.65. The zero-order valence-electron chi connectivity index (χ0n) is 10.9. The summed E-state index contributed by atoms with van der Waals surface area (Å²) < 4.78 is 6.24. The number of aromatic amines is 1. The van der Waals surface area contributed by atoms with Crippen LogP contribution in [0.4, 0.5) is 0 Å². The standard InChI is InChI=1S/C12H13ClN2O6/c1-6-4-8(17)14-11(19)15(6)10-12(20,2-3-13)9(18)7(5-16)21-10/h4,7,9-10,16,18,20H,5H2,1H3,(H,14,17,19)/t7-,9?,10-,12-/m1/s1. The first-order valence-corrected chi connectivity index (χ1v) is 6.35. The molecule has 4 atom stereocenters. The predicted molar refractivity (Wildman–Crippen MR) is 71.6 cm³/mol. The minimum absolute atomic E-state index is 0.189. The fourth-order valence-electron chi connectivity index (χ4n) is 2.30. The molecule has 0 bridgehead atoms. The average molecular weight is 317 g/mol. The van der Waals surface area contributed by atoms with E-state index in [2.05, 4.69) is 5.92 Å². The van der Waals surface area contributed by atoms with Crippen molar-refractivity contribution in [2.75, 3.05) is 6.61 Å². The molecule has 0 aromatic carbocycles. The van der Waals surface area contributed by atoms with Crippen molar-refractivity contribution in [1.82, 2.24) is 9.55 Å². The van der Waals surface area contributed by atoms with Crippen molar-refractivity contribution in [2.24, 2.45) is 0 Å². The highest BCUT2D eigenvalue weighted by Gasteiger charge is 2.56. The maximum atomic E-state index is 11.9. The third kappa shape index (κ3) is 2.50. The molecule has 1 fully saturated rings. The number of H-pyrrole nitrogens is 1. The summed E-state index contributed by atoms with van der Waals surface area (Å²) in [6.45, 7) is 0.855. The summed E-state index contributed by atoms with van der Waals surface area (Å²) in [6.07, 6.45) is -4.17. The molecule has 8 nitrogen and oxygen atoms in total. The van der Waals surface area contributed by atoms with E-state index >= 15 is 0 Å². The second kappa shape index (κ2) is 5.63. The van der Waals surface area contributed by atoms with E-state index in [-0.39, 0.29) is 5.69 Å². The summed E-state index contributed by atoms with van der Waals surface area (Å²) >= 11 is 5.29. The predicted octanol–water partition coefficient (Wildman–Crippen LogP) is -1.97. The zero-order chi connectivity index (χ0) is 15.8. The van der Waals surface area contributed by atoms with Crippen LogP contribution in [-0.2, 0) is 4.74 Å². The molecule has 0 spiro atoms. The van der Waals surface area contributed by atoms with Crippen LogP contribution in [0.2, 0.25) is 0 Å². The Hall–Kier alpha value is -1.63. The molecule has 0 saturated carbocycles. The van der Waals surface area contributed by atoms with Gasteiger partial charge < -0.3 is 20.1 Å². The van der Waals surface area contributed by atoms with Crippen molar-refractivity contribution in [2.45, 2.75) is 31.0 Å². The first-order valence-electron chi connectivity index (χ1n) is 5.97. The topological polar surface area (TPSA) is 125 Å². The van der Waals surface area contributed by atoms with Crippen LogP contribution in [0.3, 0.4) is 0 Å². The van der Waals surface area contributed by atoms with Crippen LogP contribution in [0.5, 0.6) is 0 Å². The van der Waals surface area contributed by atoms with Gasteiger partial charge in [-0.3, -0.25) is 14.3 Å². The monoisotopic (exact) mass is 316 g/mol. The van der Waals surface area contributed by atoms with Crippen molar-refractivity contribution in [3.05, 3.63) is 32.6 Å². The number of aromatic nitrogens is 2. The van der Waals surface area contributed by atoms with Crippen LogP contribution < -0.4 is 11.2 Å². The largest absolute Gasteiger partial charge is 0.394 e. The van der Waals surface area contributed by atoms with Gasteiger partial charge in [0.15, 0.2) is 6.23 Å². The number of hydrogen-bond donors (Lipinski definition) is 4. The number of aryl methyl sites for hydroxylation is 1. The van der Waals surface area contributed by atoms with Gasteiger partial charge in [0.1, 0.15) is 12.2 Å². The average Bonchev–Trinajstić information content (AvgIpc) is 2.63. The first-order chi connectivity index (χ1) is 9.85. The second-order valence-corrected chi connectivity index (χ2v) is 4.84. The molecular weight excluding hydrogens is 304 g/mol. The molecule has 0 amide bonds. The lowest BCUT2D eigenvalue weighted by Gasteiger charge is -2.27. The van der Waals surface area contributed by atoms with Gasteiger partial charge in [0.05, 0.1) is 6.61 Å². The number of halogens is 1. The minimum atomic E-state index is -2.21. The summed E-state index contributed by atoms with van der Waals surface area (Å²) in [7, 11) is 0. The van der Waals surface area contributed by atoms with Gasteiger partial charge in [0.25, 0.3) is 5.56 Å². The highest BCUT2D eigenvalue weighted by atomic mass is 35.5. The molecule has 0 aliphatic carbocycles. The quantitative estimate of drug-likeness (QED) is 0.469.